The van der Waals surface area contributed by atoms with E-state index >= 15 is 0 Å². The Labute approximate surface area is 358 Å². The fraction of sp³-hybridized carbons (Fsp3) is 0.0526. The van der Waals surface area contributed by atoms with Gasteiger partial charge in [-0.15, -0.1) is 0 Å². The number of fused-ring (bicyclic) bond motifs is 11. The average Bonchev–Trinajstić information content (AvgIpc) is 3.84. The first kappa shape index (κ1) is 35.7. The molecule has 0 unspecified atom stereocenters. The van der Waals surface area contributed by atoms with Gasteiger partial charge in [0.05, 0.1) is 6.57 Å². The van der Waals surface area contributed by atoms with Crippen LogP contribution in [0, 0.1) is 6.57 Å². The van der Waals surface area contributed by atoms with Crippen molar-refractivity contribution in [1.29, 1.82) is 0 Å². The van der Waals surface area contributed by atoms with Crippen molar-refractivity contribution >= 4 is 49.2 Å². The fourth-order valence-corrected chi connectivity index (χ4v) is 9.60. The molecular weight excluding hydrogens is 757 g/mol. The molecule has 5 heteroatoms. The molecule has 0 saturated heterocycles. The van der Waals surface area contributed by atoms with Gasteiger partial charge in [-0.1, -0.05) is 159 Å². The van der Waals surface area contributed by atoms with Gasteiger partial charge in [-0.2, -0.15) is 0 Å². The SMILES string of the molecule is [C-]#[N+]c1cccc(-c2ccc3c4ccc(-c5cccc(-c6nc(-c7ccccc7)nc(-c7ccc8c(c7)C(C)(C)c7ccccc7-8)n6)c5)cc4c4oc5ccccc5c4c3c2)c1. The van der Waals surface area contributed by atoms with E-state index in [1.54, 1.807) is 0 Å². The lowest BCUT2D eigenvalue weighted by molar-refractivity contribution is 0.660. The van der Waals surface area contributed by atoms with Crippen LogP contribution in [0.25, 0.3) is 116 Å². The van der Waals surface area contributed by atoms with E-state index < -0.39 is 0 Å². The van der Waals surface area contributed by atoms with E-state index in [9.17, 15) is 0 Å². The lowest BCUT2D eigenvalue weighted by Crippen LogP contribution is -2.15. The molecule has 11 aromatic rings. The van der Waals surface area contributed by atoms with Crippen LogP contribution < -0.4 is 0 Å². The molecule has 0 N–H and O–H groups in total. The van der Waals surface area contributed by atoms with Gasteiger partial charge in [-0.25, -0.2) is 19.8 Å². The summed E-state index contributed by atoms with van der Waals surface area (Å²) in [5.41, 5.74) is 14.3. The summed E-state index contributed by atoms with van der Waals surface area (Å²) < 4.78 is 6.74. The summed E-state index contributed by atoms with van der Waals surface area (Å²) >= 11 is 0. The topological polar surface area (TPSA) is 56.2 Å². The van der Waals surface area contributed by atoms with Crippen LogP contribution in [-0.4, -0.2) is 15.0 Å². The third-order valence-electron chi connectivity index (χ3n) is 12.7. The molecular formula is C57H36N4O. The molecule has 0 bridgehead atoms. The third kappa shape index (κ3) is 5.58. The van der Waals surface area contributed by atoms with Crippen molar-refractivity contribution in [2.45, 2.75) is 19.3 Å². The van der Waals surface area contributed by atoms with Crippen LogP contribution in [0.1, 0.15) is 25.0 Å². The van der Waals surface area contributed by atoms with Crippen molar-refractivity contribution in [2.24, 2.45) is 0 Å². The van der Waals surface area contributed by atoms with Gasteiger partial charge in [0.25, 0.3) is 0 Å². The van der Waals surface area contributed by atoms with Gasteiger partial charge in [-0.3, -0.25) is 0 Å². The second-order valence-corrected chi connectivity index (χ2v) is 16.7. The lowest BCUT2D eigenvalue weighted by atomic mass is 9.82. The van der Waals surface area contributed by atoms with Crippen LogP contribution in [0.5, 0.6) is 0 Å². The normalized spacial score (nSPS) is 12.8. The van der Waals surface area contributed by atoms with E-state index in [1.165, 1.54) is 22.3 Å². The van der Waals surface area contributed by atoms with Gasteiger partial charge in [0, 0.05) is 38.3 Å². The molecule has 0 amide bonds. The molecule has 1 aliphatic rings. The summed E-state index contributed by atoms with van der Waals surface area (Å²) in [6.07, 6.45) is 0. The van der Waals surface area contributed by atoms with Crippen LogP contribution in [-0.2, 0) is 5.41 Å². The van der Waals surface area contributed by atoms with Gasteiger partial charge in [0.15, 0.2) is 23.2 Å². The zero-order valence-corrected chi connectivity index (χ0v) is 34.0. The maximum Gasteiger partial charge on any atom is 0.187 e. The highest BCUT2D eigenvalue weighted by Crippen LogP contribution is 2.50. The van der Waals surface area contributed by atoms with Crippen LogP contribution in [0.15, 0.2) is 186 Å². The Kier molecular flexibility index (Phi) is 7.88. The van der Waals surface area contributed by atoms with E-state index in [0.717, 1.165) is 82.4 Å². The van der Waals surface area contributed by atoms with Gasteiger partial charge in [0.2, 0.25) is 0 Å². The van der Waals surface area contributed by atoms with Crippen LogP contribution in [0.2, 0.25) is 0 Å². The van der Waals surface area contributed by atoms with E-state index in [1.807, 2.05) is 60.7 Å². The minimum atomic E-state index is -0.149. The molecule has 12 rings (SSSR count). The average molecular weight is 793 g/mol. The molecule has 290 valence electrons. The number of para-hydroxylation sites is 1. The summed E-state index contributed by atoms with van der Waals surface area (Å²) in [5.74, 6) is 1.88. The predicted octanol–water partition coefficient (Wildman–Crippen LogP) is 15.3. The largest absolute Gasteiger partial charge is 0.455 e. The fourth-order valence-electron chi connectivity index (χ4n) is 9.60. The summed E-state index contributed by atoms with van der Waals surface area (Å²) in [6, 6.07) is 63.3. The molecule has 5 nitrogen and oxygen atoms in total. The van der Waals surface area contributed by atoms with Gasteiger partial charge < -0.3 is 4.42 Å². The van der Waals surface area contributed by atoms with Crippen molar-refractivity contribution in [1.82, 2.24) is 15.0 Å². The lowest BCUT2D eigenvalue weighted by Gasteiger charge is -2.21. The molecule has 0 saturated carbocycles. The summed E-state index contributed by atoms with van der Waals surface area (Å²) in [5, 5.41) is 6.59. The van der Waals surface area contributed by atoms with Gasteiger partial charge >= 0.3 is 0 Å². The maximum absolute atomic E-state index is 7.57. The molecule has 62 heavy (non-hydrogen) atoms. The standard InChI is InChI=1S/C57H36N4O/c1-57(2)49-21-9-7-19-44(49)45-28-25-40(33-50(45)57)56-60-54(34-13-5-4-6-14-34)59-55(61-56)39-17-11-15-35(29-39)38-24-27-43-42-26-23-37(36-16-12-18-41(30-36)58-3)31-47(42)52-46-20-8-10-22-51(46)62-53(52)48(43)32-38/h4-33H,1-2H3. The van der Waals surface area contributed by atoms with Crippen molar-refractivity contribution in [3.8, 4) is 67.5 Å². The number of hydrogen-bond acceptors (Lipinski definition) is 4. The van der Waals surface area contributed by atoms with Gasteiger partial charge in [0.1, 0.15) is 11.2 Å². The number of rotatable bonds is 5. The highest BCUT2D eigenvalue weighted by molar-refractivity contribution is 6.30. The van der Waals surface area contributed by atoms with Gasteiger partial charge in [-0.05, 0) is 97.1 Å². The first-order chi connectivity index (χ1) is 30.4. The number of benzene rings is 9. The monoisotopic (exact) mass is 792 g/mol. The number of nitrogens with zero attached hydrogens (tertiary/aromatic N) is 4. The van der Waals surface area contributed by atoms with Crippen molar-refractivity contribution in [2.75, 3.05) is 0 Å². The summed E-state index contributed by atoms with van der Waals surface area (Å²) in [7, 11) is 0. The number of furan rings is 1. The Balaban J connectivity index is 1.00. The first-order valence-electron chi connectivity index (χ1n) is 20.9. The number of hydrogen-bond donors (Lipinski definition) is 0. The Morgan fingerprint density at radius 2 is 0.984 bits per heavy atom. The Morgan fingerprint density at radius 1 is 0.419 bits per heavy atom. The Bertz CT molecular complexity index is 3690. The molecule has 0 aliphatic heterocycles. The van der Waals surface area contributed by atoms with Crippen LogP contribution in [0.4, 0.5) is 5.69 Å². The van der Waals surface area contributed by atoms with E-state index in [4.69, 9.17) is 25.9 Å². The first-order valence-corrected chi connectivity index (χ1v) is 20.9. The zero-order chi connectivity index (χ0) is 41.5. The molecule has 0 radical (unpaired) electrons. The summed E-state index contributed by atoms with van der Waals surface area (Å²) in [6.45, 7) is 12.2. The second-order valence-electron chi connectivity index (χ2n) is 16.7. The maximum atomic E-state index is 7.57. The molecule has 0 fully saturated rings. The third-order valence-corrected chi connectivity index (χ3v) is 12.7. The van der Waals surface area contributed by atoms with Crippen LogP contribution >= 0.6 is 0 Å². The molecule has 0 spiro atoms. The van der Waals surface area contributed by atoms with E-state index in [0.29, 0.717) is 23.2 Å². The Morgan fingerprint density at radius 3 is 1.77 bits per heavy atom. The molecule has 2 aromatic heterocycles. The molecule has 0 atom stereocenters. The quantitative estimate of drug-likeness (QED) is 0.129. The minimum absolute atomic E-state index is 0.149. The van der Waals surface area contributed by atoms with Crippen LogP contribution in [0.3, 0.4) is 0 Å². The number of aromatic nitrogens is 3. The molecule has 9 aromatic carbocycles. The molecule has 2 heterocycles. The van der Waals surface area contributed by atoms with E-state index in [-0.39, 0.29) is 5.41 Å². The highest BCUT2D eigenvalue weighted by Gasteiger charge is 2.35. The van der Waals surface area contributed by atoms with E-state index in [2.05, 4.69) is 140 Å². The van der Waals surface area contributed by atoms with Crippen molar-refractivity contribution < 1.29 is 4.42 Å². The molecule has 1 aliphatic carbocycles. The smallest absolute Gasteiger partial charge is 0.187 e. The zero-order valence-electron chi connectivity index (χ0n) is 34.0. The Hall–Kier alpha value is -8.20. The second kappa shape index (κ2) is 13.7. The van der Waals surface area contributed by atoms with Crippen molar-refractivity contribution in [3.05, 3.63) is 205 Å². The summed E-state index contributed by atoms with van der Waals surface area (Å²) in [4.78, 5) is 19.1. The minimum Gasteiger partial charge on any atom is -0.455 e. The highest BCUT2D eigenvalue weighted by atomic mass is 16.3. The van der Waals surface area contributed by atoms with Crippen molar-refractivity contribution in [3.63, 3.8) is 0 Å². The predicted molar refractivity (Wildman–Crippen MR) is 253 cm³/mol.